The molecule has 0 spiro atoms. The van der Waals surface area contributed by atoms with Gasteiger partial charge < -0.3 is 16.3 Å². The molecule has 4 N–H and O–H groups in total. The molecule has 100 valence electrons. The van der Waals surface area contributed by atoms with Crippen molar-refractivity contribution < 1.29 is 10.0 Å². The molecule has 0 fully saturated rings. The van der Waals surface area contributed by atoms with Gasteiger partial charge in [0.1, 0.15) is 0 Å². The van der Waals surface area contributed by atoms with E-state index in [1.54, 1.807) is 13.8 Å². The minimum Gasteiger partial charge on any atom is -0.409 e. The number of amides is 1. The number of hydrogen-bond acceptors (Lipinski definition) is 3. The van der Waals surface area contributed by atoms with Crippen molar-refractivity contribution in [2.75, 3.05) is 0 Å². The number of unbranched alkanes of at least 4 members (excludes halogenated alkanes) is 1. The van der Waals surface area contributed by atoms with Gasteiger partial charge in [0, 0.05) is 5.92 Å². The van der Waals surface area contributed by atoms with E-state index >= 15 is 0 Å². The van der Waals surface area contributed by atoms with Gasteiger partial charge in [-0.1, -0.05) is 31.8 Å². The molecular formula is C12H25N3O2. The molecule has 0 aliphatic heterocycles. The molecule has 0 radical (unpaired) electrons. The number of nitrogens with one attached hydrogen (secondary N) is 1. The van der Waals surface area contributed by atoms with Gasteiger partial charge in [0.2, 0.25) is 5.91 Å². The second-order valence-corrected chi connectivity index (χ2v) is 4.85. The molecule has 0 rings (SSSR count). The summed E-state index contributed by atoms with van der Waals surface area (Å²) in [5, 5.41) is 14.4. The van der Waals surface area contributed by atoms with Crippen molar-refractivity contribution in [3.63, 3.8) is 0 Å². The topological polar surface area (TPSA) is 87.7 Å². The van der Waals surface area contributed by atoms with E-state index in [0.717, 1.165) is 25.7 Å². The molecule has 0 heterocycles. The van der Waals surface area contributed by atoms with Crippen molar-refractivity contribution in [3.05, 3.63) is 0 Å². The summed E-state index contributed by atoms with van der Waals surface area (Å²) in [6.45, 7) is 7.53. The van der Waals surface area contributed by atoms with Crippen LogP contribution in [-0.2, 0) is 4.79 Å². The predicted molar refractivity (Wildman–Crippen MR) is 68.9 cm³/mol. The van der Waals surface area contributed by atoms with Crippen LogP contribution >= 0.6 is 0 Å². The van der Waals surface area contributed by atoms with Crippen LogP contribution in [0.15, 0.2) is 5.16 Å². The van der Waals surface area contributed by atoms with Crippen molar-refractivity contribution in [1.82, 2.24) is 5.32 Å². The average molecular weight is 243 g/mol. The number of oxime groups is 1. The molecule has 1 amide bonds. The minimum atomic E-state index is -0.814. The Bertz CT molecular complexity index is 275. The van der Waals surface area contributed by atoms with Gasteiger partial charge in [-0.05, 0) is 26.7 Å². The lowest BCUT2D eigenvalue weighted by Gasteiger charge is -2.27. The first kappa shape index (κ1) is 15.7. The first-order valence-electron chi connectivity index (χ1n) is 6.19. The summed E-state index contributed by atoms with van der Waals surface area (Å²) >= 11 is 0. The maximum atomic E-state index is 12.0. The standard InChI is InChI=1S/C12H25N3O2/c1-5-7-8-9(6-2)10(16)14-12(3,4)11(13)15-17/h9,17H,5-8H2,1-4H3,(H2,13,15)(H,14,16). The molecule has 0 aliphatic rings. The van der Waals surface area contributed by atoms with Gasteiger partial charge in [0.05, 0.1) is 5.54 Å². The lowest BCUT2D eigenvalue weighted by atomic mass is 9.96. The van der Waals surface area contributed by atoms with Crippen LogP contribution < -0.4 is 11.1 Å². The summed E-state index contributed by atoms with van der Waals surface area (Å²) < 4.78 is 0. The van der Waals surface area contributed by atoms with Gasteiger partial charge in [-0.15, -0.1) is 0 Å². The van der Waals surface area contributed by atoms with Crippen molar-refractivity contribution in [3.8, 4) is 0 Å². The van der Waals surface area contributed by atoms with E-state index < -0.39 is 5.54 Å². The van der Waals surface area contributed by atoms with Gasteiger partial charge in [0.25, 0.3) is 0 Å². The summed E-state index contributed by atoms with van der Waals surface area (Å²) in [7, 11) is 0. The lowest BCUT2D eigenvalue weighted by molar-refractivity contribution is -0.126. The summed E-state index contributed by atoms with van der Waals surface area (Å²) in [6, 6.07) is 0. The number of carbonyl (C=O) groups excluding carboxylic acids is 1. The lowest BCUT2D eigenvalue weighted by Crippen LogP contribution is -2.54. The highest BCUT2D eigenvalue weighted by atomic mass is 16.4. The summed E-state index contributed by atoms with van der Waals surface area (Å²) in [6.07, 6.45) is 3.80. The zero-order chi connectivity index (χ0) is 13.5. The molecule has 5 nitrogen and oxygen atoms in total. The van der Waals surface area contributed by atoms with Crippen LogP contribution in [0.5, 0.6) is 0 Å². The van der Waals surface area contributed by atoms with Gasteiger partial charge in [-0.2, -0.15) is 0 Å². The van der Waals surface area contributed by atoms with Crippen LogP contribution in [0.1, 0.15) is 53.4 Å². The van der Waals surface area contributed by atoms with E-state index in [-0.39, 0.29) is 17.7 Å². The van der Waals surface area contributed by atoms with E-state index in [1.807, 2.05) is 6.92 Å². The fourth-order valence-electron chi connectivity index (χ4n) is 1.57. The third kappa shape index (κ3) is 5.06. The molecule has 0 bridgehead atoms. The number of nitrogens with two attached hydrogens (primary N) is 1. The molecule has 17 heavy (non-hydrogen) atoms. The van der Waals surface area contributed by atoms with Gasteiger partial charge >= 0.3 is 0 Å². The third-order valence-electron chi connectivity index (χ3n) is 2.95. The van der Waals surface area contributed by atoms with Crippen LogP contribution in [-0.4, -0.2) is 22.5 Å². The molecule has 5 heteroatoms. The van der Waals surface area contributed by atoms with Crippen molar-refractivity contribution in [1.29, 1.82) is 0 Å². The second kappa shape index (κ2) is 7.14. The fraction of sp³-hybridized carbons (Fsp3) is 0.833. The number of hydrogen-bond donors (Lipinski definition) is 3. The quantitative estimate of drug-likeness (QED) is 0.276. The number of carbonyl (C=O) groups is 1. The predicted octanol–water partition coefficient (Wildman–Crippen LogP) is 1.84. The molecule has 0 aromatic carbocycles. The molecule has 0 saturated carbocycles. The van der Waals surface area contributed by atoms with Gasteiger partial charge in [0.15, 0.2) is 5.84 Å². The number of rotatable bonds is 7. The zero-order valence-corrected chi connectivity index (χ0v) is 11.3. The largest absolute Gasteiger partial charge is 0.409 e. The first-order chi connectivity index (χ1) is 7.88. The average Bonchev–Trinajstić information content (AvgIpc) is 2.28. The molecule has 1 atom stereocenters. The van der Waals surface area contributed by atoms with E-state index in [9.17, 15) is 4.79 Å². The van der Waals surface area contributed by atoms with Crippen LogP contribution in [0, 0.1) is 5.92 Å². The Morgan fingerprint density at radius 2 is 2.06 bits per heavy atom. The molecule has 0 aliphatic carbocycles. The Labute approximate surface area is 103 Å². The SMILES string of the molecule is CCCCC(CC)C(=O)NC(C)(C)/C(N)=N/O. The summed E-state index contributed by atoms with van der Waals surface area (Å²) in [4.78, 5) is 12.0. The van der Waals surface area contributed by atoms with Crippen LogP contribution in [0.4, 0.5) is 0 Å². The van der Waals surface area contributed by atoms with Crippen molar-refractivity contribution >= 4 is 11.7 Å². The number of nitrogens with zero attached hydrogens (tertiary/aromatic N) is 1. The maximum absolute atomic E-state index is 12.0. The summed E-state index contributed by atoms with van der Waals surface area (Å²) in [5.41, 5.74) is 4.71. The van der Waals surface area contributed by atoms with E-state index in [4.69, 9.17) is 10.9 Å². The normalized spacial score (nSPS) is 14.5. The fourth-order valence-corrected chi connectivity index (χ4v) is 1.57. The molecule has 0 aromatic heterocycles. The highest BCUT2D eigenvalue weighted by Gasteiger charge is 2.28. The maximum Gasteiger partial charge on any atom is 0.223 e. The molecule has 0 aromatic rings. The molecular weight excluding hydrogens is 218 g/mol. The molecule has 1 unspecified atom stereocenters. The first-order valence-corrected chi connectivity index (χ1v) is 6.19. The Morgan fingerprint density at radius 3 is 2.47 bits per heavy atom. The highest BCUT2D eigenvalue weighted by molar-refractivity contribution is 5.93. The molecule has 0 saturated heterocycles. The smallest absolute Gasteiger partial charge is 0.223 e. The second-order valence-electron chi connectivity index (χ2n) is 4.85. The van der Waals surface area contributed by atoms with Crippen molar-refractivity contribution in [2.45, 2.75) is 58.9 Å². The minimum absolute atomic E-state index is 0.000665. The highest BCUT2D eigenvalue weighted by Crippen LogP contribution is 2.14. The number of amidine groups is 1. The van der Waals surface area contributed by atoms with Crippen molar-refractivity contribution in [2.24, 2.45) is 16.8 Å². The van der Waals surface area contributed by atoms with Gasteiger partial charge in [-0.3, -0.25) is 4.79 Å². The summed E-state index contributed by atoms with van der Waals surface area (Å²) in [5.74, 6) is -0.0190. The van der Waals surface area contributed by atoms with Crippen LogP contribution in [0.3, 0.4) is 0 Å². The van der Waals surface area contributed by atoms with E-state index in [1.165, 1.54) is 0 Å². The van der Waals surface area contributed by atoms with Crippen LogP contribution in [0.2, 0.25) is 0 Å². The van der Waals surface area contributed by atoms with Gasteiger partial charge in [-0.25, -0.2) is 0 Å². The zero-order valence-electron chi connectivity index (χ0n) is 11.3. The Morgan fingerprint density at radius 1 is 1.47 bits per heavy atom. The van der Waals surface area contributed by atoms with E-state index in [0.29, 0.717) is 0 Å². The monoisotopic (exact) mass is 243 g/mol. The van der Waals surface area contributed by atoms with Crippen LogP contribution in [0.25, 0.3) is 0 Å². The van der Waals surface area contributed by atoms with E-state index in [2.05, 4.69) is 17.4 Å². The Hall–Kier alpha value is -1.26. The Kier molecular flexibility index (Phi) is 6.61. The third-order valence-corrected chi connectivity index (χ3v) is 2.95. The Balaban J connectivity index is 4.50.